The molecule has 1 fully saturated rings. The summed E-state index contributed by atoms with van der Waals surface area (Å²) in [7, 11) is 1.85. The van der Waals surface area contributed by atoms with Crippen molar-refractivity contribution < 1.29 is 14.3 Å². The van der Waals surface area contributed by atoms with Gasteiger partial charge in [-0.2, -0.15) is 0 Å². The maximum atomic E-state index is 13.5. The Hall–Kier alpha value is -2.96. The predicted octanol–water partition coefficient (Wildman–Crippen LogP) is 2.85. The summed E-state index contributed by atoms with van der Waals surface area (Å²) >= 11 is 0. The van der Waals surface area contributed by atoms with Crippen molar-refractivity contribution in [3.8, 4) is 0 Å². The van der Waals surface area contributed by atoms with Gasteiger partial charge in [0, 0.05) is 38.9 Å². The molecule has 0 N–H and O–H groups in total. The molecule has 2 aromatic carbocycles. The molecule has 1 saturated heterocycles. The van der Waals surface area contributed by atoms with Crippen LogP contribution in [0.2, 0.25) is 0 Å². The Kier molecular flexibility index (Phi) is 6.20. The van der Waals surface area contributed by atoms with E-state index in [1.165, 1.54) is 4.90 Å². The predicted molar refractivity (Wildman–Crippen MR) is 122 cm³/mol. The monoisotopic (exact) mass is 419 g/mol. The lowest BCUT2D eigenvalue weighted by atomic mass is 9.97. The number of benzene rings is 2. The van der Waals surface area contributed by atoms with E-state index in [1.54, 1.807) is 0 Å². The number of morpholine rings is 1. The van der Waals surface area contributed by atoms with E-state index in [0.717, 1.165) is 35.5 Å². The lowest BCUT2D eigenvalue weighted by Crippen LogP contribution is -2.44. The third-order valence-electron chi connectivity index (χ3n) is 6.02. The molecule has 0 bridgehead atoms. The Morgan fingerprint density at radius 2 is 1.65 bits per heavy atom. The maximum Gasteiger partial charge on any atom is 0.278 e. The number of anilines is 1. The number of carbonyl (C=O) groups excluding carboxylic acids is 2. The molecule has 162 valence electrons. The highest BCUT2D eigenvalue weighted by Crippen LogP contribution is 2.35. The van der Waals surface area contributed by atoms with Crippen LogP contribution in [-0.4, -0.2) is 68.1 Å². The fraction of sp³-hybridized carbons (Fsp3) is 0.360. The summed E-state index contributed by atoms with van der Waals surface area (Å²) in [6.07, 6.45) is 0. The van der Waals surface area contributed by atoms with E-state index in [4.69, 9.17) is 4.74 Å². The van der Waals surface area contributed by atoms with Crippen LogP contribution in [0, 0.1) is 13.8 Å². The van der Waals surface area contributed by atoms with Gasteiger partial charge in [-0.1, -0.05) is 42.0 Å². The van der Waals surface area contributed by atoms with Gasteiger partial charge in [-0.25, -0.2) is 0 Å². The number of imide groups is 1. The largest absolute Gasteiger partial charge is 0.379 e. The van der Waals surface area contributed by atoms with Gasteiger partial charge >= 0.3 is 0 Å². The van der Waals surface area contributed by atoms with Crippen LogP contribution in [0.25, 0.3) is 5.57 Å². The number of nitrogens with zero attached hydrogens (tertiary/aromatic N) is 3. The zero-order valence-electron chi connectivity index (χ0n) is 18.4. The van der Waals surface area contributed by atoms with Crippen molar-refractivity contribution in [3.05, 3.63) is 70.9 Å². The standard InChI is InChI=1S/C25H29N3O3/c1-18-9-10-21(19(2)17-18)22-23(26(3)20-7-5-4-6-8-20)25(30)28(24(22)29)12-11-27-13-15-31-16-14-27/h4-10,17H,11-16H2,1-3H3. The van der Waals surface area contributed by atoms with Crippen LogP contribution in [0.3, 0.4) is 0 Å². The van der Waals surface area contributed by atoms with Crippen molar-refractivity contribution in [1.82, 2.24) is 9.80 Å². The van der Waals surface area contributed by atoms with Gasteiger partial charge in [0.1, 0.15) is 5.70 Å². The molecule has 0 spiro atoms. The maximum absolute atomic E-state index is 13.5. The first-order valence-electron chi connectivity index (χ1n) is 10.7. The normalized spacial score (nSPS) is 17.6. The van der Waals surface area contributed by atoms with Gasteiger partial charge in [0.15, 0.2) is 0 Å². The van der Waals surface area contributed by atoms with Gasteiger partial charge in [0.2, 0.25) is 0 Å². The van der Waals surface area contributed by atoms with Crippen LogP contribution in [0.4, 0.5) is 5.69 Å². The molecular formula is C25H29N3O3. The number of hydrogen-bond donors (Lipinski definition) is 0. The molecule has 0 radical (unpaired) electrons. The zero-order chi connectivity index (χ0) is 22.0. The molecule has 0 aromatic heterocycles. The number of hydrogen-bond acceptors (Lipinski definition) is 5. The number of likely N-dealkylation sites (N-methyl/N-ethyl adjacent to an activating group) is 1. The van der Waals surface area contributed by atoms with Crippen molar-refractivity contribution >= 4 is 23.1 Å². The minimum absolute atomic E-state index is 0.219. The van der Waals surface area contributed by atoms with Gasteiger partial charge in [-0.15, -0.1) is 0 Å². The van der Waals surface area contributed by atoms with E-state index in [1.807, 2.05) is 68.3 Å². The number of amides is 2. The Morgan fingerprint density at radius 3 is 2.32 bits per heavy atom. The first-order chi connectivity index (χ1) is 15.0. The van der Waals surface area contributed by atoms with Crippen LogP contribution < -0.4 is 4.90 Å². The molecule has 0 saturated carbocycles. The van der Waals surface area contributed by atoms with Crippen LogP contribution in [-0.2, 0) is 14.3 Å². The average molecular weight is 420 g/mol. The highest BCUT2D eigenvalue weighted by molar-refractivity contribution is 6.37. The number of ether oxygens (including phenoxy) is 1. The van der Waals surface area contributed by atoms with Gasteiger partial charge in [-0.3, -0.25) is 19.4 Å². The first-order valence-corrected chi connectivity index (χ1v) is 10.7. The third-order valence-corrected chi connectivity index (χ3v) is 6.02. The average Bonchev–Trinajstić information content (AvgIpc) is 3.02. The summed E-state index contributed by atoms with van der Waals surface area (Å²) in [5.74, 6) is -0.456. The molecule has 2 amide bonds. The molecule has 0 unspecified atom stereocenters. The summed E-state index contributed by atoms with van der Waals surface area (Å²) in [6, 6.07) is 15.7. The minimum atomic E-state index is -0.236. The second-order valence-electron chi connectivity index (χ2n) is 8.15. The Balaban J connectivity index is 1.70. The highest BCUT2D eigenvalue weighted by Gasteiger charge is 2.41. The van der Waals surface area contributed by atoms with Gasteiger partial charge in [0.25, 0.3) is 11.8 Å². The van der Waals surface area contributed by atoms with Crippen LogP contribution in [0.1, 0.15) is 16.7 Å². The van der Waals surface area contributed by atoms with E-state index in [0.29, 0.717) is 37.6 Å². The van der Waals surface area contributed by atoms with Crippen molar-refractivity contribution in [2.24, 2.45) is 0 Å². The van der Waals surface area contributed by atoms with Crippen LogP contribution >= 0.6 is 0 Å². The summed E-state index contributed by atoms with van der Waals surface area (Å²) < 4.78 is 5.40. The lowest BCUT2D eigenvalue weighted by molar-refractivity contribution is -0.137. The summed E-state index contributed by atoms with van der Waals surface area (Å²) in [5, 5.41) is 0. The summed E-state index contributed by atoms with van der Waals surface area (Å²) in [5.41, 5.74) is 4.72. The molecule has 2 heterocycles. The number of carbonyl (C=O) groups is 2. The molecule has 0 atom stereocenters. The smallest absolute Gasteiger partial charge is 0.278 e. The second kappa shape index (κ2) is 9.04. The molecule has 2 aliphatic rings. The fourth-order valence-corrected chi connectivity index (χ4v) is 4.26. The Bertz CT molecular complexity index is 1010. The van der Waals surface area contributed by atoms with Crippen molar-refractivity contribution in [3.63, 3.8) is 0 Å². The Morgan fingerprint density at radius 1 is 0.935 bits per heavy atom. The molecule has 4 rings (SSSR count). The van der Waals surface area contributed by atoms with Crippen molar-refractivity contribution in [1.29, 1.82) is 0 Å². The van der Waals surface area contributed by atoms with E-state index in [9.17, 15) is 9.59 Å². The van der Waals surface area contributed by atoms with Gasteiger partial charge < -0.3 is 9.64 Å². The lowest BCUT2D eigenvalue weighted by Gasteiger charge is -2.28. The van der Waals surface area contributed by atoms with E-state index < -0.39 is 0 Å². The summed E-state index contributed by atoms with van der Waals surface area (Å²) in [4.78, 5) is 32.6. The fourth-order valence-electron chi connectivity index (χ4n) is 4.26. The SMILES string of the molecule is Cc1ccc(C2=C(N(C)c3ccccc3)C(=O)N(CCN3CCOCC3)C2=O)c(C)c1. The second-order valence-corrected chi connectivity index (χ2v) is 8.15. The zero-order valence-corrected chi connectivity index (χ0v) is 18.4. The van der Waals surface area contributed by atoms with Crippen LogP contribution in [0.5, 0.6) is 0 Å². The molecule has 6 nitrogen and oxygen atoms in total. The molecule has 2 aliphatic heterocycles. The molecule has 31 heavy (non-hydrogen) atoms. The van der Waals surface area contributed by atoms with Crippen molar-refractivity contribution in [2.45, 2.75) is 13.8 Å². The number of para-hydroxylation sites is 1. The molecule has 2 aromatic rings. The quantitative estimate of drug-likeness (QED) is 0.674. The van der Waals surface area contributed by atoms with E-state index in [-0.39, 0.29) is 11.8 Å². The number of aryl methyl sites for hydroxylation is 2. The molecule has 0 aliphatic carbocycles. The van der Waals surface area contributed by atoms with E-state index >= 15 is 0 Å². The molecule has 6 heteroatoms. The van der Waals surface area contributed by atoms with Crippen LogP contribution in [0.15, 0.2) is 54.2 Å². The highest BCUT2D eigenvalue weighted by atomic mass is 16.5. The third kappa shape index (κ3) is 4.27. The van der Waals surface area contributed by atoms with Gasteiger partial charge in [-0.05, 0) is 37.1 Å². The first kappa shape index (κ1) is 21.3. The number of rotatable bonds is 6. The minimum Gasteiger partial charge on any atom is -0.379 e. The van der Waals surface area contributed by atoms with E-state index in [2.05, 4.69) is 11.0 Å². The summed E-state index contributed by atoms with van der Waals surface area (Å²) in [6.45, 7) is 8.07. The molecular weight excluding hydrogens is 390 g/mol. The topological polar surface area (TPSA) is 53.1 Å². The van der Waals surface area contributed by atoms with Crippen molar-refractivity contribution in [2.75, 3.05) is 51.3 Å². The van der Waals surface area contributed by atoms with Gasteiger partial charge in [0.05, 0.1) is 18.8 Å². The Labute approximate surface area is 183 Å².